The summed E-state index contributed by atoms with van der Waals surface area (Å²) in [5, 5.41) is 2.73. The van der Waals surface area contributed by atoms with Crippen molar-refractivity contribution in [3.05, 3.63) is 109 Å². The van der Waals surface area contributed by atoms with Crippen molar-refractivity contribution in [1.29, 1.82) is 0 Å². The van der Waals surface area contributed by atoms with Gasteiger partial charge in [-0.05, 0) is 53.1 Å². The quantitative estimate of drug-likeness (QED) is 0.281. The number of nitrogens with zero attached hydrogens (tertiary/aromatic N) is 3. The van der Waals surface area contributed by atoms with Crippen molar-refractivity contribution in [1.82, 2.24) is 19.4 Å². The van der Waals surface area contributed by atoms with Gasteiger partial charge in [0, 0.05) is 18.0 Å². The standard InChI is InChI=1S/C28H18F3N5O/c29-28(30,31)20-9-4-8-18(14-20)19-11-12-22-23(15-19)34-27(33-22)35-26(37)24-16-36-13-5-10-21(25(36)32-24)17-6-2-1-3-7-17/h1-16H,(H2,33,34,35,37). The summed E-state index contributed by atoms with van der Waals surface area (Å²) in [7, 11) is 0. The lowest BCUT2D eigenvalue weighted by atomic mass is 10.0. The number of benzene rings is 3. The first-order valence-corrected chi connectivity index (χ1v) is 11.4. The molecule has 9 heteroatoms. The fourth-order valence-electron chi connectivity index (χ4n) is 4.26. The number of aromatic nitrogens is 4. The summed E-state index contributed by atoms with van der Waals surface area (Å²) in [6.07, 6.45) is -0.961. The van der Waals surface area contributed by atoms with Gasteiger partial charge in [0.15, 0.2) is 0 Å². The third-order valence-electron chi connectivity index (χ3n) is 6.04. The summed E-state index contributed by atoms with van der Waals surface area (Å²) in [6, 6.07) is 23.8. The Hall–Kier alpha value is -4.92. The molecule has 37 heavy (non-hydrogen) atoms. The van der Waals surface area contributed by atoms with Crippen LogP contribution in [-0.4, -0.2) is 25.3 Å². The molecule has 3 heterocycles. The average molecular weight is 497 g/mol. The lowest BCUT2D eigenvalue weighted by molar-refractivity contribution is -0.137. The number of fused-ring (bicyclic) bond motifs is 2. The van der Waals surface area contributed by atoms with Crippen LogP contribution in [0.3, 0.4) is 0 Å². The number of amides is 1. The van der Waals surface area contributed by atoms with Crippen molar-refractivity contribution in [3.63, 3.8) is 0 Å². The molecule has 0 aliphatic carbocycles. The van der Waals surface area contributed by atoms with Gasteiger partial charge in [0.1, 0.15) is 11.3 Å². The van der Waals surface area contributed by atoms with Gasteiger partial charge in [0.05, 0.1) is 16.6 Å². The summed E-state index contributed by atoms with van der Waals surface area (Å²) in [4.78, 5) is 24.9. The van der Waals surface area contributed by atoms with Crippen molar-refractivity contribution in [2.45, 2.75) is 6.18 Å². The minimum atomic E-state index is -4.43. The number of hydrogen-bond acceptors (Lipinski definition) is 3. The van der Waals surface area contributed by atoms with E-state index in [9.17, 15) is 18.0 Å². The van der Waals surface area contributed by atoms with Gasteiger partial charge >= 0.3 is 6.18 Å². The highest BCUT2D eigenvalue weighted by atomic mass is 19.4. The lowest BCUT2D eigenvalue weighted by Gasteiger charge is -2.08. The van der Waals surface area contributed by atoms with Gasteiger partial charge < -0.3 is 9.38 Å². The molecule has 6 nitrogen and oxygen atoms in total. The topological polar surface area (TPSA) is 75.1 Å². The predicted octanol–water partition coefficient (Wildman–Crippen LogP) is 6.82. The molecule has 0 aliphatic rings. The third-order valence-corrected chi connectivity index (χ3v) is 6.04. The summed E-state index contributed by atoms with van der Waals surface area (Å²) >= 11 is 0. The Kier molecular flexibility index (Phi) is 5.26. The van der Waals surface area contributed by atoms with Crippen LogP contribution in [0, 0.1) is 0 Å². The Morgan fingerprint density at radius 3 is 2.43 bits per heavy atom. The summed E-state index contributed by atoms with van der Waals surface area (Å²) < 4.78 is 41.1. The van der Waals surface area contributed by atoms with E-state index in [2.05, 4.69) is 20.3 Å². The SMILES string of the molecule is O=C(Nc1nc2cc(-c3cccc(C(F)(F)F)c3)ccc2[nH]1)c1cn2cccc(-c3ccccc3)c2n1. The van der Waals surface area contributed by atoms with Crippen LogP contribution in [0.1, 0.15) is 16.1 Å². The Balaban J connectivity index is 1.28. The zero-order chi connectivity index (χ0) is 25.6. The van der Waals surface area contributed by atoms with Crippen LogP contribution in [0.2, 0.25) is 0 Å². The molecule has 6 aromatic rings. The van der Waals surface area contributed by atoms with Gasteiger partial charge in [0.2, 0.25) is 5.95 Å². The highest BCUT2D eigenvalue weighted by Crippen LogP contribution is 2.33. The molecule has 182 valence electrons. The van der Waals surface area contributed by atoms with Gasteiger partial charge in [-0.3, -0.25) is 10.1 Å². The average Bonchev–Trinajstić information content (AvgIpc) is 3.52. The van der Waals surface area contributed by atoms with Crippen LogP contribution in [0.5, 0.6) is 0 Å². The van der Waals surface area contributed by atoms with Gasteiger partial charge in [-0.15, -0.1) is 0 Å². The maximum absolute atomic E-state index is 13.1. The predicted molar refractivity (Wildman–Crippen MR) is 135 cm³/mol. The second-order valence-electron chi connectivity index (χ2n) is 8.49. The van der Waals surface area contributed by atoms with Gasteiger partial charge in [-0.2, -0.15) is 13.2 Å². The normalized spacial score (nSPS) is 11.8. The Labute approximate surface area is 208 Å². The highest BCUT2D eigenvalue weighted by Gasteiger charge is 2.30. The molecule has 0 saturated carbocycles. The molecule has 0 unspecified atom stereocenters. The molecule has 0 spiro atoms. The molecule has 0 radical (unpaired) electrons. The number of anilines is 1. The first-order chi connectivity index (χ1) is 17.8. The van der Waals surface area contributed by atoms with Crippen LogP contribution in [0.15, 0.2) is 97.3 Å². The maximum Gasteiger partial charge on any atom is 0.416 e. The number of carbonyl (C=O) groups is 1. The zero-order valence-corrected chi connectivity index (χ0v) is 19.1. The molecule has 2 N–H and O–H groups in total. The molecular formula is C28H18F3N5O. The maximum atomic E-state index is 13.1. The van der Waals surface area contributed by atoms with Crippen molar-refractivity contribution in [2.24, 2.45) is 0 Å². The van der Waals surface area contributed by atoms with Crippen LogP contribution in [0.4, 0.5) is 19.1 Å². The first kappa shape index (κ1) is 22.5. The van der Waals surface area contributed by atoms with E-state index in [1.165, 1.54) is 6.07 Å². The van der Waals surface area contributed by atoms with E-state index in [0.29, 0.717) is 27.8 Å². The number of nitrogens with one attached hydrogen (secondary N) is 2. The molecule has 0 atom stereocenters. The number of pyridine rings is 1. The molecule has 6 rings (SSSR count). The number of carbonyl (C=O) groups excluding carboxylic acids is 1. The number of rotatable bonds is 4. The van der Waals surface area contributed by atoms with E-state index in [-0.39, 0.29) is 11.6 Å². The fraction of sp³-hybridized carbons (Fsp3) is 0.0357. The van der Waals surface area contributed by atoms with Crippen molar-refractivity contribution >= 4 is 28.5 Å². The van der Waals surface area contributed by atoms with E-state index < -0.39 is 17.6 Å². The van der Waals surface area contributed by atoms with Gasteiger partial charge in [-0.25, -0.2) is 9.97 Å². The molecule has 3 aromatic carbocycles. The van der Waals surface area contributed by atoms with E-state index in [4.69, 9.17) is 0 Å². The van der Waals surface area contributed by atoms with Crippen LogP contribution < -0.4 is 5.32 Å². The van der Waals surface area contributed by atoms with Gasteiger partial charge in [0.25, 0.3) is 5.91 Å². The largest absolute Gasteiger partial charge is 0.416 e. The number of halogens is 3. The molecule has 3 aromatic heterocycles. The van der Waals surface area contributed by atoms with Gasteiger partial charge in [-0.1, -0.05) is 48.5 Å². The monoisotopic (exact) mass is 497 g/mol. The fourth-order valence-corrected chi connectivity index (χ4v) is 4.26. The number of hydrogen-bond donors (Lipinski definition) is 2. The Bertz CT molecular complexity index is 1770. The van der Waals surface area contributed by atoms with E-state index in [1.807, 2.05) is 48.7 Å². The van der Waals surface area contributed by atoms with Crippen LogP contribution in [-0.2, 0) is 6.18 Å². The number of imidazole rings is 2. The van der Waals surface area contributed by atoms with Crippen molar-refractivity contribution in [2.75, 3.05) is 5.32 Å². The van der Waals surface area contributed by atoms with Crippen LogP contribution >= 0.6 is 0 Å². The highest BCUT2D eigenvalue weighted by molar-refractivity contribution is 6.03. The minimum absolute atomic E-state index is 0.210. The molecule has 0 fully saturated rings. The molecule has 0 aliphatic heterocycles. The van der Waals surface area contributed by atoms with Crippen molar-refractivity contribution < 1.29 is 18.0 Å². The summed E-state index contributed by atoms with van der Waals surface area (Å²) in [6.45, 7) is 0. The number of alkyl halides is 3. The number of H-pyrrole nitrogens is 1. The third kappa shape index (κ3) is 4.31. The van der Waals surface area contributed by atoms with E-state index in [0.717, 1.165) is 23.3 Å². The Morgan fingerprint density at radius 1 is 0.838 bits per heavy atom. The second kappa shape index (κ2) is 8.63. The summed E-state index contributed by atoms with van der Waals surface area (Å²) in [5.41, 5.74) is 4.16. The first-order valence-electron chi connectivity index (χ1n) is 11.4. The van der Waals surface area contributed by atoms with Crippen molar-refractivity contribution in [3.8, 4) is 22.3 Å². The molecule has 0 bridgehead atoms. The minimum Gasteiger partial charge on any atom is -0.324 e. The Morgan fingerprint density at radius 2 is 1.62 bits per heavy atom. The molecule has 0 saturated heterocycles. The zero-order valence-electron chi connectivity index (χ0n) is 19.1. The second-order valence-corrected chi connectivity index (χ2v) is 8.49. The van der Waals surface area contributed by atoms with Crippen LogP contribution in [0.25, 0.3) is 38.9 Å². The summed E-state index contributed by atoms with van der Waals surface area (Å²) in [5.74, 6) is -0.235. The smallest absolute Gasteiger partial charge is 0.324 e. The molecule has 1 amide bonds. The lowest BCUT2D eigenvalue weighted by Crippen LogP contribution is -2.13. The van der Waals surface area contributed by atoms with E-state index in [1.54, 1.807) is 34.9 Å². The molecular weight excluding hydrogens is 479 g/mol. The van der Waals surface area contributed by atoms with E-state index >= 15 is 0 Å². The number of aromatic amines is 1.